The number of nitrogens with one attached hydrogen (secondary N) is 2. The number of sulfonamides is 1. The summed E-state index contributed by atoms with van der Waals surface area (Å²) in [5.74, 6) is 0. The molecule has 2 amide bonds. The molecule has 0 spiro atoms. The lowest BCUT2D eigenvalue weighted by Gasteiger charge is -2.23. The van der Waals surface area contributed by atoms with E-state index in [2.05, 4.69) is 10.0 Å². The standard InChI is InChI=1S/C22H22N4O5S/c1-17-7-9-18(10-8-17)24-22(27)25(19-5-3-2-4-6-19)16-15-23-32(30,31)21-13-11-20(12-14-21)26(28)29/h2-14,23H,15-16H2,1H3,(H,24,27). The number of anilines is 2. The first-order chi connectivity index (χ1) is 15.3. The number of rotatable bonds is 8. The Hall–Kier alpha value is -3.76. The zero-order chi connectivity index (χ0) is 23.1. The number of carbonyl (C=O) groups excluding carboxylic acids is 1. The molecular formula is C22H22N4O5S. The van der Waals surface area contributed by atoms with Crippen molar-refractivity contribution in [1.82, 2.24) is 4.72 Å². The van der Waals surface area contributed by atoms with E-state index in [1.807, 2.05) is 25.1 Å². The fraction of sp³-hybridized carbons (Fsp3) is 0.136. The summed E-state index contributed by atoms with van der Waals surface area (Å²) in [6.45, 7) is 1.95. The number of aryl methyl sites for hydroxylation is 1. The fourth-order valence-corrected chi connectivity index (χ4v) is 3.93. The van der Waals surface area contributed by atoms with Crippen molar-refractivity contribution < 1.29 is 18.1 Å². The van der Waals surface area contributed by atoms with Gasteiger partial charge >= 0.3 is 6.03 Å². The predicted octanol–water partition coefficient (Wildman–Crippen LogP) is 3.92. The van der Waals surface area contributed by atoms with Crippen molar-refractivity contribution >= 4 is 33.1 Å². The number of para-hydroxylation sites is 1. The number of nitro groups is 1. The average Bonchev–Trinajstić information content (AvgIpc) is 2.79. The van der Waals surface area contributed by atoms with Gasteiger partial charge < -0.3 is 5.32 Å². The number of nitro benzene ring substituents is 1. The number of urea groups is 1. The Bertz CT molecular complexity index is 1180. The van der Waals surface area contributed by atoms with Crippen molar-refractivity contribution in [3.8, 4) is 0 Å². The summed E-state index contributed by atoms with van der Waals surface area (Å²) >= 11 is 0. The molecule has 3 rings (SSSR count). The molecule has 0 heterocycles. The lowest BCUT2D eigenvalue weighted by molar-refractivity contribution is -0.384. The number of nitrogens with zero attached hydrogens (tertiary/aromatic N) is 2. The Balaban J connectivity index is 1.70. The van der Waals surface area contributed by atoms with Gasteiger partial charge in [0.1, 0.15) is 0 Å². The van der Waals surface area contributed by atoms with Gasteiger partial charge in [-0.15, -0.1) is 0 Å². The van der Waals surface area contributed by atoms with Crippen LogP contribution in [0.2, 0.25) is 0 Å². The van der Waals surface area contributed by atoms with Gasteiger partial charge in [-0.05, 0) is 43.3 Å². The van der Waals surface area contributed by atoms with E-state index < -0.39 is 21.0 Å². The Morgan fingerprint density at radius 1 is 0.969 bits per heavy atom. The second kappa shape index (κ2) is 10.0. The highest BCUT2D eigenvalue weighted by Crippen LogP contribution is 2.18. The van der Waals surface area contributed by atoms with E-state index in [0.29, 0.717) is 11.4 Å². The third-order valence-corrected chi connectivity index (χ3v) is 6.08. The molecular weight excluding hydrogens is 432 g/mol. The first-order valence-electron chi connectivity index (χ1n) is 9.70. The zero-order valence-corrected chi connectivity index (χ0v) is 18.1. The molecule has 0 radical (unpaired) electrons. The number of amides is 2. The second-order valence-electron chi connectivity index (χ2n) is 6.93. The van der Waals surface area contributed by atoms with Crippen LogP contribution in [0.15, 0.2) is 83.8 Å². The van der Waals surface area contributed by atoms with Crippen molar-refractivity contribution in [3.05, 3.63) is 94.5 Å². The number of non-ortho nitro benzene ring substituents is 1. The molecule has 0 atom stereocenters. The third kappa shape index (κ3) is 5.90. The van der Waals surface area contributed by atoms with Crippen LogP contribution in [-0.4, -0.2) is 32.5 Å². The van der Waals surface area contributed by atoms with E-state index in [9.17, 15) is 23.3 Å². The maximum Gasteiger partial charge on any atom is 0.326 e. The van der Waals surface area contributed by atoms with Gasteiger partial charge in [-0.3, -0.25) is 15.0 Å². The highest BCUT2D eigenvalue weighted by molar-refractivity contribution is 7.89. The molecule has 9 nitrogen and oxygen atoms in total. The third-order valence-electron chi connectivity index (χ3n) is 4.60. The smallest absolute Gasteiger partial charge is 0.308 e. The lowest BCUT2D eigenvalue weighted by atomic mass is 10.2. The summed E-state index contributed by atoms with van der Waals surface area (Å²) in [5.41, 5.74) is 2.08. The molecule has 10 heteroatoms. The van der Waals surface area contributed by atoms with Crippen molar-refractivity contribution in [2.45, 2.75) is 11.8 Å². The van der Waals surface area contributed by atoms with Gasteiger partial charge in [0.15, 0.2) is 0 Å². The van der Waals surface area contributed by atoms with E-state index in [4.69, 9.17) is 0 Å². The maximum absolute atomic E-state index is 12.9. The normalized spacial score (nSPS) is 11.0. The zero-order valence-electron chi connectivity index (χ0n) is 17.3. The Labute approximate surface area is 185 Å². The van der Waals surface area contributed by atoms with Crippen LogP contribution in [0.4, 0.5) is 21.9 Å². The Morgan fingerprint density at radius 3 is 2.19 bits per heavy atom. The predicted molar refractivity (Wildman–Crippen MR) is 122 cm³/mol. The van der Waals surface area contributed by atoms with Crippen LogP contribution in [0.1, 0.15) is 5.56 Å². The number of hydrogen-bond acceptors (Lipinski definition) is 5. The van der Waals surface area contributed by atoms with Crippen molar-refractivity contribution in [3.63, 3.8) is 0 Å². The monoisotopic (exact) mass is 454 g/mol. The molecule has 0 bridgehead atoms. The summed E-state index contributed by atoms with van der Waals surface area (Å²) < 4.78 is 27.5. The van der Waals surface area contributed by atoms with E-state index in [1.54, 1.807) is 36.4 Å². The minimum absolute atomic E-state index is 0.0600. The topological polar surface area (TPSA) is 122 Å². The molecule has 2 N–H and O–H groups in total. The van der Waals surface area contributed by atoms with Crippen molar-refractivity contribution in [2.75, 3.05) is 23.3 Å². The van der Waals surface area contributed by atoms with Gasteiger partial charge in [0.05, 0.1) is 9.82 Å². The van der Waals surface area contributed by atoms with Crippen LogP contribution >= 0.6 is 0 Å². The maximum atomic E-state index is 12.9. The molecule has 0 unspecified atom stereocenters. The summed E-state index contributed by atoms with van der Waals surface area (Å²) in [6.07, 6.45) is 0. The van der Waals surface area contributed by atoms with E-state index >= 15 is 0 Å². The SMILES string of the molecule is Cc1ccc(NC(=O)N(CCNS(=O)(=O)c2ccc([N+](=O)[O-])cc2)c2ccccc2)cc1. The molecule has 3 aromatic rings. The van der Waals surface area contributed by atoms with Crippen LogP contribution in [0.5, 0.6) is 0 Å². The molecule has 0 saturated heterocycles. The van der Waals surface area contributed by atoms with Crippen LogP contribution in [0, 0.1) is 17.0 Å². The second-order valence-corrected chi connectivity index (χ2v) is 8.70. The average molecular weight is 455 g/mol. The van der Waals surface area contributed by atoms with E-state index in [-0.39, 0.29) is 23.7 Å². The number of hydrogen-bond donors (Lipinski definition) is 2. The highest BCUT2D eigenvalue weighted by atomic mass is 32.2. The fourth-order valence-electron chi connectivity index (χ4n) is 2.91. The molecule has 0 aliphatic rings. The highest BCUT2D eigenvalue weighted by Gasteiger charge is 2.19. The van der Waals surface area contributed by atoms with Gasteiger partial charge in [0, 0.05) is 36.6 Å². The summed E-state index contributed by atoms with van der Waals surface area (Å²) in [6, 6.07) is 20.4. The van der Waals surface area contributed by atoms with E-state index in [1.165, 1.54) is 17.0 Å². The van der Waals surface area contributed by atoms with Crippen LogP contribution in [-0.2, 0) is 10.0 Å². The van der Waals surface area contributed by atoms with Gasteiger partial charge in [-0.1, -0.05) is 35.9 Å². The molecule has 0 aliphatic heterocycles. The number of benzene rings is 3. The molecule has 32 heavy (non-hydrogen) atoms. The van der Waals surface area contributed by atoms with Gasteiger partial charge in [0.25, 0.3) is 5.69 Å². The molecule has 166 valence electrons. The summed E-state index contributed by atoms with van der Waals surface area (Å²) in [7, 11) is -3.90. The minimum Gasteiger partial charge on any atom is -0.308 e. The summed E-state index contributed by atoms with van der Waals surface area (Å²) in [5, 5.41) is 13.6. The van der Waals surface area contributed by atoms with Gasteiger partial charge in [0.2, 0.25) is 10.0 Å². The first kappa shape index (κ1) is 22.9. The Kier molecular flexibility index (Phi) is 7.18. The van der Waals surface area contributed by atoms with Crippen LogP contribution in [0.25, 0.3) is 0 Å². The molecule has 0 aromatic heterocycles. The van der Waals surface area contributed by atoms with Crippen LogP contribution < -0.4 is 14.9 Å². The van der Waals surface area contributed by atoms with Crippen molar-refractivity contribution in [2.24, 2.45) is 0 Å². The lowest BCUT2D eigenvalue weighted by Crippen LogP contribution is -2.41. The van der Waals surface area contributed by atoms with Gasteiger partial charge in [-0.2, -0.15) is 0 Å². The minimum atomic E-state index is -3.90. The number of carbonyl (C=O) groups is 1. The molecule has 3 aromatic carbocycles. The molecule has 0 aliphatic carbocycles. The molecule has 0 fully saturated rings. The van der Waals surface area contributed by atoms with Crippen molar-refractivity contribution in [1.29, 1.82) is 0 Å². The van der Waals surface area contributed by atoms with Gasteiger partial charge in [-0.25, -0.2) is 17.9 Å². The van der Waals surface area contributed by atoms with E-state index in [0.717, 1.165) is 17.7 Å². The first-order valence-corrected chi connectivity index (χ1v) is 11.2. The quantitative estimate of drug-likeness (QED) is 0.395. The molecule has 0 saturated carbocycles. The largest absolute Gasteiger partial charge is 0.326 e. The Morgan fingerprint density at radius 2 is 1.59 bits per heavy atom. The van der Waals surface area contributed by atoms with Crippen LogP contribution in [0.3, 0.4) is 0 Å². The summed E-state index contributed by atoms with van der Waals surface area (Å²) in [4.78, 5) is 24.4.